The first kappa shape index (κ1) is 14.4. The Bertz CT molecular complexity index is 431. The van der Waals surface area contributed by atoms with Crippen LogP contribution in [0.4, 0.5) is 0 Å². The van der Waals surface area contributed by atoms with Gasteiger partial charge in [-0.15, -0.1) is 0 Å². The first-order valence-corrected chi connectivity index (χ1v) is 8.70. The number of halogens is 1. The van der Waals surface area contributed by atoms with E-state index < -0.39 is 0 Å². The van der Waals surface area contributed by atoms with E-state index in [4.69, 9.17) is 11.6 Å². The predicted molar refractivity (Wildman–Crippen MR) is 86.6 cm³/mol. The van der Waals surface area contributed by atoms with Crippen molar-refractivity contribution in [2.75, 3.05) is 13.1 Å². The standard InChI is InChI=1S/C18H26ClN/c19-18-13-15(12-14-8-10-20-11-9-14)6-7-17(18)16-4-2-1-3-5-16/h6-7,13-14,16,20H,1-5,8-12H2. The lowest BCUT2D eigenvalue weighted by Crippen LogP contribution is -2.28. The Morgan fingerprint density at radius 3 is 2.45 bits per heavy atom. The van der Waals surface area contributed by atoms with Gasteiger partial charge in [-0.3, -0.25) is 0 Å². The SMILES string of the molecule is Clc1cc(CC2CCNCC2)ccc1C1CCCCC1. The third-order valence-corrected chi connectivity index (χ3v) is 5.42. The van der Waals surface area contributed by atoms with Crippen LogP contribution in [-0.4, -0.2) is 13.1 Å². The molecule has 0 amide bonds. The number of benzene rings is 1. The van der Waals surface area contributed by atoms with Gasteiger partial charge in [0, 0.05) is 5.02 Å². The molecule has 1 saturated heterocycles. The van der Waals surface area contributed by atoms with Gasteiger partial charge in [-0.25, -0.2) is 0 Å². The summed E-state index contributed by atoms with van der Waals surface area (Å²) < 4.78 is 0. The van der Waals surface area contributed by atoms with E-state index in [1.54, 1.807) is 0 Å². The first-order valence-electron chi connectivity index (χ1n) is 8.32. The van der Waals surface area contributed by atoms with Crippen molar-refractivity contribution in [1.29, 1.82) is 0 Å². The molecule has 1 aliphatic heterocycles. The maximum atomic E-state index is 6.57. The quantitative estimate of drug-likeness (QED) is 0.832. The largest absolute Gasteiger partial charge is 0.317 e. The highest BCUT2D eigenvalue weighted by atomic mass is 35.5. The third kappa shape index (κ3) is 3.56. The van der Waals surface area contributed by atoms with Crippen LogP contribution in [0.5, 0.6) is 0 Å². The Labute approximate surface area is 128 Å². The van der Waals surface area contributed by atoms with Gasteiger partial charge in [0.15, 0.2) is 0 Å². The van der Waals surface area contributed by atoms with E-state index in [2.05, 4.69) is 23.5 Å². The number of rotatable bonds is 3. The molecule has 1 nitrogen and oxygen atoms in total. The predicted octanol–water partition coefficient (Wildman–Crippen LogP) is 4.93. The molecule has 0 unspecified atom stereocenters. The zero-order chi connectivity index (χ0) is 13.8. The summed E-state index contributed by atoms with van der Waals surface area (Å²) in [6, 6.07) is 6.89. The number of nitrogens with one attached hydrogen (secondary N) is 1. The maximum Gasteiger partial charge on any atom is 0.0443 e. The van der Waals surface area contributed by atoms with E-state index in [-0.39, 0.29) is 0 Å². The first-order chi connectivity index (χ1) is 9.83. The van der Waals surface area contributed by atoms with E-state index in [0.717, 1.165) is 10.9 Å². The van der Waals surface area contributed by atoms with Crippen LogP contribution < -0.4 is 5.32 Å². The Balaban J connectivity index is 1.66. The van der Waals surface area contributed by atoms with Gasteiger partial charge in [0.05, 0.1) is 0 Å². The monoisotopic (exact) mass is 291 g/mol. The minimum absolute atomic E-state index is 0.712. The molecule has 0 bridgehead atoms. The van der Waals surface area contributed by atoms with Crippen molar-refractivity contribution in [3.63, 3.8) is 0 Å². The summed E-state index contributed by atoms with van der Waals surface area (Å²) in [5.74, 6) is 1.55. The molecule has 0 spiro atoms. The van der Waals surface area contributed by atoms with E-state index in [1.165, 1.54) is 75.6 Å². The summed E-state index contributed by atoms with van der Waals surface area (Å²) >= 11 is 6.57. The molecule has 1 aromatic carbocycles. The highest BCUT2D eigenvalue weighted by molar-refractivity contribution is 6.31. The summed E-state index contributed by atoms with van der Waals surface area (Å²) in [7, 11) is 0. The molecule has 2 fully saturated rings. The molecule has 2 aliphatic rings. The Morgan fingerprint density at radius 1 is 1.00 bits per heavy atom. The topological polar surface area (TPSA) is 12.0 Å². The van der Waals surface area contributed by atoms with Crippen LogP contribution in [0, 0.1) is 5.92 Å². The third-order valence-electron chi connectivity index (χ3n) is 5.09. The minimum Gasteiger partial charge on any atom is -0.317 e. The van der Waals surface area contributed by atoms with Crippen molar-refractivity contribution in [3.8, 4) is 0 Å². The van der Waals surface area contributed by atoms with Crippen LogP contribution in [-0.2, 0) is 6.42 Å². The summed E-state index contributed by atoms with van der Waals surface area (Å²) in [4.78, 5) is 0. The fourth-order valence-electron chi connectivity index (χ4n) is 3.86. The molecule has 1 N–H and O–H groups in total. The van der Waals surface area contributed by atoms with E-state index in [0.29, 0.717) is 5.92 Å². The molecule has 1 aliphatic carbocycles. The molecule has 3 rings (SSSR count). The lowest BCUT2D eigenvalue weighted by atomic mass is 9.83. The van der Waals surface area contributed by atoms with Crippen molar-refractivity contribution < 1.29 is 0 Å². The molecule has 110 valence electrons. The molecule has 20 heavy (non-hydrogen) atoms. The van der Waals surface area contributed by atoms with Crippen molar-refractivity contribution >= 4 is 11.6 Å². The second-order valence-corrected chi connectivity index (χ2v) is 7.00. The van der Waals surface area contributed by atoms with Crippen molar-refractivity contribution in [3.05, 3.63) is 34.3 Å². The number of piperidine rings is 1. The zero-order valence-corrected chi connectivity index (χ0v) is 13.1. The van der Waals surface area contributed by atoms with Crippen LogP contribution in [0.3, 0.4) is 0 Å². The van der Waals surface area contributed by atoms with Crippen LogP contribution in [0.2, 0.25) is 5.02 Å². The highest BCUT2D eigenvalue weighted by Gasteiger charge is 2.19. The van der Waals surface area contributed by atoms with E-state index in [1.807, 2.05) is 0 Å². The second-order valence-electron chi connectivity index (χ2n) is 6.59. The van der Waals surface area contributed by atoms with Gasteiger partial charge in [-0.05, 0) is 74.2 Å². The lowest BCUT2D eigenvalue weighted by molar-refractivity contribution is 0.372. The summed E-state index contributed by atoms with van der Waals surface area (Å²) in [6.07, 6.45) is 10.6. The van der Waals surface area contributed by atoms with Gasteiger partial charge >= 0.3 is 0 Å². The number of hydrogen-bond acceptors (Lipinski definition) is 1. The van der Waals surface area contributed by atoms with Gasteiger partial charge in [-0.2, -0.15) is 0 Å². The molecule has 0 atom stereocenters. The van der Waals surface area contributed by atoms with Crippen LogP contribution in [0.25, 0.3) is 0 Å². The lowest BCUT2D eigenvalue weighted by Gasteiger charge is -2.25. The normalized spacial score (nSPS) is 22.1. The molecule has 0 aromatic heterocycles. The minimum atomic E-state index is 0.712. The molecule has 1 aromatic rings. The van der Waals surface area contributed by atoms with E-state index in [9.17, 15) is 0 Å². The highest BCUT2D eigenvalue weighted by Crippen LogP contribution is 2.36. The van der Waals surface area contributed by atoms with Gasteiger partial charge in [0.2, 0.25) is 0 Å². The van der Waals surface area contributed by atoms with Crippen molar-refractivity contribution in [2.45, 2.75) is 57.3 Å². The fraction of sp³-hybridized carbons (Fsp3) is 0.667. The van der Waals surface area contributed by atoms with Crippen LogP contribution in [0.15, 0.2) is 18.2 Å². The average molecular weight is 292 g/mol. The summed E-state index contributed by atoms with van der Waals surface area (Å²) in [6.45, 7) is 2.36. The van der Waals surface area contributed by atoms with Gasteiger partial charge in [0.25, 0.3) is 0 Å². The molecule has 1 saturated carbocycles. The Morgan fingerprint density at radius 2 is 1.75 bits per heavy atom. The van der Waals surface area contributed by atoms with Crippen LogP contribution in [0.1, 0.15) is 62.0 Å². The average Bonchev–Trinajstić information content (AvgIpc) is 2.49. The molecule has 1 heterocycles. The molecule has 2 heteroatoms. The maximum absolute atomic E-state index is 6.57. The van der Waals surface area contributed by atoms with E-state index >= 15 is 0 Å². The smallest absolute Gasteiger partial charge is 0.0443 e. The molecule has 0 radical (unpaired) electrons. The molecular weight excluding hydrogens is 266 g/mol. The van der Waals surface area contributed by atoms with Crippen molar-refractivity contribution in [1.82, 2.24) is 5.32 Å². The van der Waals surface area contributed by atoms with Gasteiger partial charge in [0.1, 0.15) is 0 Å². The Kier molecular flexibility index (Phi) is 5.01. The molecular formula is C18H26ClN. The Hall–Kier alpha value is -0.530. The van der Waals surface area contributed by atoms with Crippen molar-refractivity contribution in [2.24, 2.45) is 5.92 Å². The number of hydrogen-bond donors (Lipinski definition) is 1. The van der Waals surface area contributed by atoms with Crippen LogP contribution >= 0.6 is 11.6 Å². The second kappa shape index (κ2) is 6.95. The summed E-state index contributed by atoms with van der Waals surface area (Å²) in [5.41, 5.74) is 2.84. The van der Waals surface area contributed by atoms with Gasteiger partial charge in [-0.1, -0.05) is 43.0 Å². The summed E-state index contributed by atoms with van der Waals surface area (Å²) in [5, 5.41) is 4.45. The zero-order valence-electron chi connectivity index (χ0n) is 12.3. The van der Waals surface area contributed by atoms with Gasteiger partial charge < -0.3 is 5.32 Å². The fourth-order valence-corrected chi connectivity index (χ4v) is 4.22.